The number of carbonyl (C=O) groups is 2. The molecule has 1 saturated heterocycles. The van der Waals surface area contributed by atoms with Crippen LogP contribution in [0.3, 0.4) is 0 Å². The number of amides is 2. The lowest BCUT2D eigenvalue weighted by atomic mass is 10.1. The van der Waals surface area contributed by atoms with Crippen molar-refractivity contribution in [1.29, 1.82) is 0 Å². The monoisotopic (exact) mass is 755 g/mol. The van der Waals surface area contributed by atoms with Crippen molar-refractivity contribution in [2.24, 2.45) is 11.5 Å². The number of sulfonamides is 2. The Bertz CT molecular complexity index is 1850. The van der Waals surface area contributed by atoms with Crippen molar-refractivity contribution in [2.75, 3.05) is 73.7 Å². The number of rotatable bonds is 14. The fraction of sp³-hybridized carbons (Fsp3) is 0.355. The summed E-state index contributed by atoms with van der Waals surface area (Å²) < 4.78 is 59.3. The van der Waals surface area contributed by atoms with Crippen LogP contribution in [0.1, 0.15) is 15.9 Å². The van der Waals surface area contributed by atoms with Crippen LogP contribution in [0.15, 0.2) is 65.6 Å². The Hall–Kier alpha value is -3.48. The highest BCUT2D eigenvalue weighted by Crippen LogP contribution is 2.28. The molecular formula is C31H39Cl2N7O7S2. The Labute approximate surface area is 296 Å². The molecule has 1 aliphatic rings. The lowest BCUT2D eigenvalue weighted by Gasteiger charge is -2.35. The first-order chi connectivity index (χ1) is 23.1. The molecule has 0 atom stereocenters. The number of nitrogens with two attached hydrogens (primary N) is 2. The number of halogens is 2. The molecule has 14 nitrogen and oxygen atoms in total. The number of piperazine rings is 1. The maximum atomic E-state index is 13.5. The highest BCUT2D eigenvalue weighted by molar-refractivity contribution is 7.92. The molecule has 1 aliphatic heterocycles. The topological polar surface area (TPSA) is 197 Å². The molecule has 0 bridgehead atoms. The van der Waals surface area contributed by atoms with E-state index in [1.165, 1.54) is 47.8 Å². The summed E-state index contributed by atoms with van der Waals surface area (Å²) in [4.78, 5) is 27.8. The van der Waals surface area contributed by atoms with Gasteiger partial charge in [0.1, 0.15) is 6.61 Å². The number of benzene rings is 3. The van der Waals surface area contributed by atoms with Crippen LogP contribution >= 0.6 is 23.2 Å². The van der Waals surface area contributed by atoms with E-state index in [1.807, 2.05) is 4.90 Å². The van der Waals surface area contributed by atoms with Gasteiger partial charge in [-0.3, -0.25) is 13.9 Å². The first-order valence-corrected chi connectivity index (χ1v) is 19.1. The van der Waals surface area contributed by atoms with Gasteiger partial charge < -0.3 is 31.7 Å². The molecule has 6 N–H and O–H groups in total. The quantitative estimate of drug-likeness (QED) is 0.189. The van der Waals surface area contributed by atoms with E-state index in [9.17, 15) is 26.4 Å². The van der Waals surface area contributed by atoms with Gasteiger partial charge in [-0.2, -0.15) is 4.31 Å². The summed E-state index contributed by atoms with van der Waals surface area (Å²) in [6.07, 6.45) is 0.544. The van der Waals surface area contributed by atoms with Crippen LogP contribution < -0.4 is 31.3 Å². The first kappa shape index (κ1) is 38.3. The van der Waals surface area contributed by atoms with Crippen LogP contribution in [0, 0.1) is 0 Å². The third kappa shape index (κ3) is 10.0. The Balaban J connectivity index is 1.45. The molecule has 0 radical (unpaired) electrons. The van der Waals surface area contributed by atoms with E-state index in [0.717, 1.165) is 16.2 Å². The lowest BCUT2D eigenvalue weighted by molar-refractivity contribution is -0.127. The van der Waals surface area contributed by atoms with E-state index in [4.69, 9.17) is 39.4 Å². The number of carbonyl (C=O) groups excluding carboxylic acids is 2. The smallest absolute Gasteiger partial charge is 0.257 e. The predicted molar refractivity (Wildman–Crippen MR) is 191 cm³/mol. The molecule has 0 unspecified atom stereocenters. The average molecular weight is 757 g/mol. The Morgan fingerprint density at radius 2 is 1.53 bits per heavy atom. The second-order valence-corrected chi connectivity index (χ2v) is 16.1. The van der Waals surface area contributed by atoms with Crippen molar-refractivity contribution >= 4 is 72.1 Å². The summed E-state index contributed by atoms with van der Waals surface area (Å²) in [7, 11) is -6.26. The van der Waals surface area contributed by atoms with Crippen LogP contribution in [0.5, 0.6) is 0 Å². The van der Waals surface area contributed by atoms with Crippen LogP contribution in [0.25, 0.3) is 0 Å². The number of nitrogens with one attached hydrogen (secondary N) is 2. The minimum Gasteiger partial charge on any atom is -0.369 e. The average Bonchev–Trinajstić information content (AvgIpc) is 3.06. The molecule has 18 heteroatoms. The molecule has 1 fully saturated rings. The lowest BCUT2D eigenvalue weighted by Crippen LogP contribution is -2.48. The predicted octanol–water partition coefficient (Wildman–Crippen LogP) is 2.07. The fourth-order valence-corrected chi connectivity index (χ4v) is 7.43. The summed E-state index contributed by atoms with van der Waals surface area (Å²) in [5, 5.41) is 6.37. The second-order valence-electron chi connectivity index (χ2n) is 11.3. The van der Waals surface area contributed by atoms with Gasteiger partial charge in [0, 0.05) is 74.3 Å². The van der Waals surface area contributed by atoms with Crippen molar-refractivity contribution in [3.05, 3.63) is 81.8 Å². The van der Waals surface area contributed by atoms with Crippen molar-refractivity contribution in [2.45, 2.75) is 17.5 Å². The molecule has 3 aromatic carbocycles. The van der Waals surface area contributed by atoms with E-state index < -0.39 is 38.0 Å². The number of anilines is 3. The van der Waals surface area contributed by atoms with Gasteiger partial charge in [-0.25, -0.2) is 16.8 Å². The highest BCUT2D eigenvalue weighted by Gasteiger charge is 2.29. The second kappa shape index (κ2) is 16.5. The summed E-state index contributed by atoms with van der Waals surface area (Å²) in [5.41, 5.74) is 12.8. The molecule has 266 valence electrons. The Kier molecular flexibility index (Phi) is 12.9. The molecule has 0 saturated carbocycles. The molecule has 0 spiro atoms. The molecule has 4 rings (SSSR count). The van der Waals surface area contributed by atoms with Crippen LogP contribution in [0.2, 0.25) is 10.0 Å². The molecule has 0 aliphatic carbocycles. The van der Waals surface area contributed by atoms with Gasteiger partial charge in [-0.15, -0.1) is 0 Å². The van der Waals surface area contributed by atoms with Crippen LogP contribution in [0.4, 0.5) is 17.1 Å². The van der Waals surface area contributed by atoms with Gasteiger partial charge in [0.2, 0.25) is 26.0 Å². The third-order valence-electron chi connectivity index (χ3n) is 7.81. The maximum absolute atomic E-state index is 13.5. The first-order valence-electron chi connectivity index (χ1n) is 15.1. The van der Waals surface area contributed by atoms with Gasteiger partial charge in [-0.1, -0.05) is 29.3 Å². The van der Waals surface area contributed by atoms with Gasteiger partial charge in [-0.05, 0) is 60.2 Å². The molecule has 0 aromatic heterocycles. The van der Waals surface area contributed by atoms with Crippen LogP contribution in [-0.4, -0.2) is 98.2 Å². The maximum Gasteiger partial charge on any atom is 0.257 e. The van der Waals surface area contributed by atoms with Gasteiger partial charge in [0.25, 0.3) is 5.91 Å². The SMILES string of the molecule is CN(c1ccc(CNC(=O)COC(CN)CN)cc1C(=O)Nc1ccc(S(=O)(=O)N2CCN(c3cc(Cl)cc(Cl)c3)CC2)cc1)S(C)(=O)=O. The molecule has 3 aromatic rings. The Morgan fingerprint density at radius 3 is 2.10 bits per heavy atom. The summed E-state index contributed by atoms with van der Waals surface area (Å²) in [5.74, 6) is -1.08. The van der Waals surface area contributed by atoms with Gasteiger partial charge >= 0.3 is 0 Å². The normalized spacial score (nSPS) is 14.1. The van der Waals surface area contributed by atoms with Crippen LogP contribution in [-0.2, 0) is 36.1 Å². The highest BCUT2D eigenvalue weighted by atomic mass is 35.5. The third-order valence-corrected chi connectivity index (χ3v) is 11.3. The van der Waals surface area contributed by atoms with E-state index in [2.05, 4.69) is 10.6 Å². The number of hydrogen-bond acceptors (Lipinski definition) is 10. The summed E-state index contributed by atoms with van der Waals surface area (Å²) in [6, 6.07) is 15.4. The molecule has 49 heavy (non-hydrogen) atoms. The van der Waals surface area contributed by atoms with Gasteiger partial charge in [0.15, 0.2) is 0 Å². The minimum atomic E-state index is -3.83. The number of hydrogen-bond donors (Lipinski definition) is 4. The summed E-state index contributed by atoms with van der Waals surface area (Å²) >= 11 is 12.3. The molecule has 2 amide bonds. The largest absolute Gasteiger partial charge is 0.369 e. The zero-order valence-electron chi connectivity index (χ0n) is 26.9. The van der Waals surface area contributed by atoms with E-state index in [0.29, 0.717) is 28.7 Å². The fourth-order valence-electron chi connectivity index (χ4n) is 4.97. The van der Waals surface area contributed by atoms with Crippen molar-refractivity contribution < 1.29 is 31.2 Å². The van der Waals surface area contributed by atoms with Crippen molar-refractivity contribution in [1.82, 2.24) is 9.62 Å². The zero-order chi connectivity index (χ0) is 35.9. The Morgan fingerprint density at radius 1 is 0.918 bits per heavy atom. The van der Waals surface area contributed by atoms with E-state index >= 15 is 0 Å². The van der Waals surface area contributed by atoms with Crippen molar-refractivity contribution in [3.63, 3.8) is 0 Å². The summed E-state index contributed by atoms with van der Waals surface area (Å²) in [6.45, 7) is 1.45. The number of nitrogens with zero attached hydrogens (tertiary/aromatic N) is 3. The number of ether oxygens (including phenoxy) is 1. The van der Waals surface area contributed by atoms with Crippen molar-refractivity contribution in [3.8, 4) is 0 Å². The van der Waals surface area contributed by atoms with E-state index in [-0.39, 0.29) is 61.2 Å². The standard InChI is InChI=1S/C31H39Cl2N7O7S2/c1-38(48(2,43)44)29-8-3-21(19-36-30(41)20-47-26(17-34)18-35)13-28(29)31(42)37-24-4-6-27(7-5-24)49(45,46)40-11-9-39(10-12-40)25-15-22(32)14-23(33)16-25/h3-8,13-16,26H,9-12,17-20,34-35H2,1-2H3,(H,36,41)(H,37,42). The van der Waals surface area contributed by atoms with E-state index in [1.54, 1.807) is 24.3 Å². The zero-order valence-corrected chi connectivity index (χ0v) is 30.1. The minimum absolute atomic E-state index is 0.0119. The molecular weight excluding hydrogens is 717 g/mol. The van der Waals surface area contributed by atoms with Gasteiger partial charge in [0.05, 0.1) is 28.5 Å². The molecule has 1 heterocycles.